The second kappa shape index (κ2) is 4.29. The number of fused-ring (bicyclic) bond motifs is 2. The smallest absolute Gasteiger partial charge is 0.472 e. The molecule has 0 bridgehead atoms. The summed E-state index contributed by atoms with van der Waals surface area (Å²) in [7, 11) is -3.46. The predicted molar refractivity (Wildman–Crippen MR) is 70.5 cm³/mol. The summed E-state index contributed by atoms with van der Waals surface area (Å²) in [6.07, 6.45) is 8.56. The van der Waals surface area contributed by atoms with Gasteiger partial charge in [0.15, 0.2) is 0 Å². The predicted octanol–water partition coefficient (Wildman–Crippen LogP) is 0.676. The summed E-state index contributed by atoms with van der Waals surface area (Å²) in [6, 6.07) is 0. The van der Waals surface area contributed by atoms with Crippen LogP contribution < -0.4 is 0 Å². The van der Waals surface area contributed by atoms with Gasteiger partial charge in [0.2, 0.25) is 0 Å². The molecule has 0 amide bonds. The van der Waals surface area contributed by atoms with Crippen LogP contribution in [-0.4, -0.2) is 33.1 Å². The highest BCUT2D eigenvalue weighted by molar-refractivity contribution is 6.56. The number of carbonyl (C=O) groups excluding carboxylic acids is 2. The third-order valence-corrected chi connectivity index (χ3v) is 5.42. The molecule has 0 aromatic heterocycles. The molecule has 4 rings (SSSR count). The van der Waals surface area contributed by atoms with Crippen LogP contribution in [0.4, 0.5) is 0 Å². The van der Waals surface area contributed by atoms with E-state index in [9.17, 15) is 9.59 Å². The molecule has 1 spiro atoms. The molecule has 2 unspecified atom stereocenters. The van der Waals surface area contributed by atoms with E-state index in [4.69, 9.17) is 17.7 Å². The van der Waals surface area contributed by atoms with Crippen LogP contribution in [0.2, 0.25) is 0 Å². The minimum Gasteiger partial charge on any atom is -0.472 e. The van der Waals surface area contributed by atoms with Crippen LogP contribution in [0.1, 0.15) is 0 Å². The van der Waals surface area contributed by atoms with Gasteiger partial charge in [0.05, 0.1) is 11.1 Å². The van der Waals surface area contributed by atoms with Crippen LogP contribution in [0.5, 0.6) is 0 Å². The minimum absolute atomic E-state index is 0.317. The maximum Gasteiger partial charge on any atom is 0.822 e. The lowest BCUT2D eigenvalue weighted by Crippen LogP contribution is -2.40. The summed E-state index contributed by atoms with van der Waals surface area (Å²) in [4.78, 5) is 21.9. The van der Waals surface area contributed by atoms with Gasteiger partial charge in [-0.25, -0.2) is 9.59 Å². The minimum atomic E-state index is -3.46. The highest BCUT2D eigenvalue weighted by Gasteiger charge is 2.67. The first-order valence-electron chi connectivity index (χ1n) is 6.25. The molecule has 2 fully saturated rings. The lowest BCUT2D eigenvalue weighted by molar-refractivity contribution is 0.0938. The molecule has 0 aromatic rings. The molecule has 104 valence electrons. The van der Waals surface area contributed by atoms with Crippen molar-refractivity contribution in [1.29, 1.82) is 0 Å². The fourth-order valence-electron chi connectivity index (χ4n) is 2.46. The van der Waals surface area contributed by atoms with Gasteiger partial charge < -0.3 is 17.7 Å². The molecule has 2 heterocycles. The van der Waals surface area contributed by atoms with Gasteiger partial charge in [-0.05, 0) is 24.3 Å². The molecule has 2 aliphatic carbocycles. The van der Waals surface area contributed by atoms with Crippen LogP contribution in [0.25, 0.3) is 0 Å². The Balaban J connectivity index is 1.68. The van der Waals surface area contributed by atoms with Crippen LogP contribution >= 0.6 is 0 Å². The van der Waals surface area contributed by atoms with E-state index in [1.807, 2.05) is 11.9 Å². The summed E-state index contributed by atoms with van der Waals surface area (Å²) in [6.45, 7) is 0. The molecule has 2 aliphatic heterocycles. The first-order valence-corrected chi connectivity index (χ1v) is 7.88. The van der Waals surface area contributed by atoms with Crippen molar-refractivity contribution in [3.63, 3.8) is 0 Å². The summed E-state index contributed by atoms with van der Waals surface area (Å²) in [5, 5.41) is 0. The normalized spacial score (nSPS) is 35.2. The molecule has 7 heteroatoms. The monoisotopic (exact) mass is 300 g/mol. The van der Waals surface area contributed by atoms with Crippen molar-refractivity contribution in [2.24, 2.45) is 0 Å². The van der Waals surface area contributed by atoms with Gasteiger partial charge in [0, 0.05) is 0 Å². The first-order chi connectivity index (χ1) is 10.2. The first kappa shape index (κ1) is 12.3. The molecule has 0 N–H and O–H groups in total. The van der Waals surface area contributed by atoms with Gasteiger partial charge in [-0.1, -0.05) is 12.2 Å². The van der Waals surface area contributed by atoms with Crippen molar-refractivity contribution in [1.82, 2.24) is 0 Å². The zero-order valence-electron chi connectivity index (χ0n) is 10.6. The van der Waals surface area contributed by atoms with Gasteiger partial charge in [-0.2, -0.15) is 0 Å². The molecule has 6 nitrogen and oxygen atoms in total. The van der Waals surface area contributed by atoms with Gasteiger partial charge in [-0.15, -0.1) is 0 Å². The van der Waals surface area contributed by atoms with Crippen molar-refractivity contribution in [2.75, 3.05) is 0 Å². The van der Waals surface area contributed by atoms with Gasteiger partial charge in [0.1, 0.15) is 35.6 Å². The average Bonchev–Trinajstić information content (AvgIpc) is 3.04. The lowest BCUT2D eigenvalue weighted by atomic mass is 10.1. The fourth-order valence-corrected chi connectivity index (χ4v) is 4.75. The molecular formula is C14H8O6Si. The maximum atomic E-state index is 10.9. The van der Waals surface area contributed by atoms with E-state index in [1.54, 1.807) is 36.5 Å². The Labute approximate surface area is 120 Å². The standard InChI is InChI=1S/C14H8O6Si/c15-7-9-3-1-5-11-13(9)19-21(17-11)18-12-6-2-4-10(8-16)14(12)20-21/h1-6,13-14H. The third-order valence-electron chi connectivity index (χ3n) is 3.40. The van der Waals surface area contributed by atoms with Crippen molar-refractivity contribution in [2.45, 2.75) is 12.2 Å². The Bertz CT molecular complexity index is 681. The van der Waals surface area contributed by atoms with E-state index in [0.29, 0.717) is 22.7 Å². The molecule has 21 heavy (non-hydrogen) atoms. The molecular weight excluding hydrogens is 292 g/mol. The van der Waals surface area contributed by atoms with E-state index in [-0.39, 0.29) is 0 Å². The molecule has 0 radical (unpaired) electrons. The van der Waals surface area contributed by atoms with Crippen molar-refractivity contribution >= 4 is 20.9 Å². The largest absolute Gasteiger partial charge is 0.822 e. The quantitative estimate of drug-likeness (QED) is 0.484. The van der Waals surface area contributed by atoms with Crippen molar-refractivity contribution in [3.05, 3.63) is 59.1 Å². The van der Waals surface area contributed by atoms with Crippen LogP contribution in [0, 0.1) is 0 Å². The van der Waals surface area contributed by atoms with Crippen LogP contribution in [-0.2, 0) is 27.3 Å². The van der Waals surface area contributed by atoms with Gasteiger partial charge in [0.25, 0.3) is 0 Å². The maximum absolute atomic E-state index is 10.9. The fraction of sp³-hybridized carbons (Fsp3) is 0.143. The number of rotatable bonds is 0. The van der Waals surface area contributed by atoms with Crippen LogP contribution in [0.15, 0.2) is 59.1 Å². The summed E-state index contributed by atoms with van der Waals surface area (Å²) >= 11 is 0. The second-order valence-electron chi connectivity index (χ2n) is 4.67. The molecule has 2 atom stereocenters. The van der Waals surface area contributed by atoms with E-state index in [2.05, 4.69) is 0 Å². The number of hydrogen-bond donors (Lipinski definition) is 0. The zero-order chi connectivity index (χ0) is 14.4. The Morgan fingerprint density at radius 1 is 0.857 bits per heavy atom. The van der Waals surface area contributed by atoms with Crippen LogP contribution in [0.3, 0.4) is 0 Å². The third kappa shape index (κ3) is 1.74. The lowest BCUT2D eigenvalue weighted by Gasteiger charge is -2.12. The molecule has 4 aliphatic rings. The topological polar surface area (TPSA) is 71.1 Å². The summed E-state index contributed by atoms with van der Waals surface area (Å²) in [5.41, 5.74) is 0.634. The van der Waals surface area contributed by atoms with E-state index in [0.717, 1.165) is 0 Å². The van der Waals surface area contributed by atoms with E-state index < -0.39 is 21.3 Å². The van der Waals surface area contributed by atoms with E-state index >= 15 is 0 Å². The van der Waals surface area contributed by atoms with E-state index in [1.165, 1.54) is 0 Å². The Morgan fingerprint density at radius 2 is 1.33 bits per heavy atom. The SMILES string of the molecule is O=C=C1C=CC=C2O[Si]3(OC4=CC=CC(=C=O)C4O3)OC12. The average molecular weight is 300 g/mol. The number of allylic oxidation sites excluding steroid dienone is 4. The number of hydrogen-bond acceptors (Lipinski definition) is 6. The van der Waals surface area contributed by atoms with Gasteiger partial charge >= 0.3 is 9.05 Å². The Kier molecular flexibility index (Phi) is 2.52. The van der Waals surface area contributed by atoms with Crippen molar-refractivity contribution in [3.8, 4) is 0 Å². The molecule has 0 saturated carbocycles. The Hall–Kier alpha value is -2.40. The molecule has 2 saturated heterocycles. The zero-order valence-corrected chi connectivity index (χ0v) is 11.6. The highest BCUT2D eigenvalue weighted by Crippen LogP contribution is 2.43. The summed E-state index contributed by atoms with van der Waals surface area (Å²) < 4.78 is 22.9. The second-order valence-corrected chi connectivity index (χ2v) is 6.55. The molecule has 0 aromatic carbocycles. The summed E-state index contributed by atoms with van der Waals surface area (Å²) in [5.74, 6) is 4.53. The highest BCUT2D eigenvalue weighted by atomic mass is 28.4. The van der Waals surface area contributed by atoms with Crippen molar-refractivity contribution < 1.29 is 27.3 Å². The Morgan fingerprint density at radius 3 is 1.76 bits per heavy atom. The van der Waals surface area contributed by atoms with Gasteiger partial charge in [-0.3, -0.25) is 0 Å².